The van der Waals surface area contributed by atoms with Crippen molar-refractivity contribution in [2.75, 3.05) is 45.0 Å². The Hall–Kier alpha value is -5.46. The van der Waals surface area contributed by atoms with E-state index in [0.29, 0.717) is 19.3 Å². The predicted octanol–water partition coefficient (Wildman–Crippen LogP) is -2.47. The van der Waals surface area contributed by atoms with E-state index in [2.05, 4.69) is 54.8 Å². The Kier molecular flexibility index (Phi) is 25.3. The number of nitro groups is 2. The molecule has 1 unspecified atom stereocenters. The predicted molar refractivity (Wildman–Crippen MR) is 192 cm³/mol. The van der Waals surface area contributed by atoms with Crippen LogP contribution in [0.4, 0.5) is 11.8 Å². The van der Waals surface area contributed by atoms with E-state index in [1.165, 1.54) is 39.9 Å². The summed E-state index contributed by atoms with van der Waals surface area (Å²) in [5.41, 5.74) is 0. The van der Waals surface area contributed by atoms with Gasteiger partial charge in [0.1, 0.15) is 18.4 Å². The summed E-state index contributed by atoms with van der Waals surface area (Å²) < 4.78 is 2.55. The summed E-state index contributed by atoms with van der Waals surface area (Å²) in [6, 6.07) is 1.86. The van der Waals surface area contributed by atoms with E-state index >= 15 is 0 Å². The van der Waals surface area contributed by atoms with Gasteiger partial charge >= 0.3 is 31.9 Å². The minimum Gasteiger partial charge on any atom is -2.00 e. The number of nitrogens with zero attached hydrogens (tertiary/aromatic N) is 5. The molecule has 0 aliphatic rings. The third kappa shape index (κ3) is 20.3. The number of unbranched alkanes of at least 4 members (excludes halogenated alkanes) is 1. The van der Waals surface area contributed by atoms with Gasteiger partial charge in [0.25, 0.3) is 0 Å². The fraction of sp³-hybridized carbons (Fsp3) is 0.533. The molecule has 2 aromatic heterocycles. The number of aromatic nitrogens is 3. The first kappa shape index (κ1) is 50.5. The van der Waals surface area contributed by atoms with E-state index in [1.807, 2.05) is 0 Å². The average Bonchev–Trinajstić information content (AvgIpc) is 3.83. The van der Waals surface area contributed by atoms with Gasteiger partial charge in [-0.15, -0.1) is 0 Å². The van der Waals surface area contributed by atoms with Crippen LogP contribution in [-0.2, 0) is 72.2 Å². The van der Waals surface area contributed by atoms with E-state index in [-0.39, 0.29) is 108 Å². The van der Waals surface area contributed by atoms with Gasteiger partial charge in [0, 0.05) is 25.7 Å². The molecule has 7 N–H and O–H groups in total. The molecule has 0 aliphatic heterocycles. The molecule has 0 saturated heterocycles. The number of amides is 7. The molecule has 304 valence electrons. The van der Waals surface area contributed by atoms with Crippen molar-refractivity contribution in [3.05, 3.63) is 51.0 Å². The minimum atomic E-state index is -0.982. The van der Waals surface area contributed by atoms with Gasteiger partial charge < -0.3 is 62.9 Å². The van der Waals surface area contributed by atoms with Gasteiger partial charge in [0.2, 0.25) is 41.4 Å². The molecule has 0 aromatic carbocycles. The van der Waals surface area contributed by atoms with E-state index in [9.17, 15) is 53.8 Å². The van der Waals surface area contributed by atoms with E-state index in [4.69, 9.17) is 0 Å². The maximum atomic E-state index is 13.0. The number of carbonyl (C=O) groups excluding carboxylic acids is 7. The van der Waals surface area contributed by atoms with Gasteiger partial charge in [-0.25, -0.2) is 9.13 Å². The Morgan fingerprint density at radius 2 is 1.25 bits per heavy atom. The number of nitrogens with one attached hydrogen (secondary N) is 7. The van der Waals surface area contributed by atoms with Crippen LogP contribution in [0.2, 0.25) is 0 Å². The number of thiol groups is 1. The normalized spacial score (nSPS) is 10.7. The molecule has 26 heteroatoms. The Balaban J connectivity index is 0.0000151. The molecular weight excluding hydrogens is 851 g/mol. The van der Waals surface area contributed by atoms with E-state index in [1.54, 1.807) is 0 Å². The number of hydrogen-bond acceptors (Lipinski definition) is 13. The molecule has 0 bridgehead atoms. The molecule has 2 rings (SSSR count). The van der Waals surface area contributed by atoms with Crippen LogP contribution in [0.25, 0.3) is 0 Å². The van der Waals surface area contributed by atoms with E-state index < -0.39 is 63.8 Å². The largest absolute Gasteiger partial charge is 7.00 e. The number of imidazole rings is 1. The van der Waals surface area contributed by atoms with Crippen molar-refractivity contribution in [2.24, 2.45) is 0 Å². The average molecular weight is 896 g/mol. The summed E-state index contributed by atoms with van der Waals surface area (Å²) in [6.45, 7) is -0.542. The van der Waals surface area contributed by atoms with Gasteiger partial charge in [-0.3, -0.25) is 33.6 Å². The van der Waals surface area contributed by atoms with Crippen molar-refractivity contribution in [3.8, 4) is 0 Å². The second-order valence-electron chi connectivity index (χ2n) is 11.4. The standard InChI is InChI=1S/C30H44N12O11S.O.Tc/c43-22(7-14-39-13-3-6-28(39)41(50)51)31-9-2-1-5-21(38-23(44)8-15-40-16-12-34-30(40)42(52)53)29(49)33-11-4-10-32-24(45)17-35-25(46)18-36-26(47)19-37-27(48)20-54;;/h3,6,12-13,16,21,54H,1-2,4-5,7-11,14-15,17-20H2,(H,31,43)(H,32,45)(H,33,49)(H,35,46)(H,36,47)(H,37,48)(H,38,44);;/q;-2;+7/i;;1+1. The summed E-state index contributed by atoms with van der Waals surface area (Å²) in [4.78, 5) is 109. The van der Waals surface area contributed by atoms with Crippen LogP contribution in [0.3, 0.4) is 0 Å². The third-order valence-corrected chi connectivity index (χ3v) is 7.65. The van der Waals surface area contributed by atoms with Crippen LogP contribution in [-0.4, -0.2) is 116 Å². The Labute approximate surface area is 338 Å². The van der Waals surface area contributed by atoms with Crippen LogP contribution in [0.1, 0.15) is 38.5 Å². The van der Waals surface area contributed by atoms with Crippen molar-refractivity contribution in [1.29, 1.82) is 0 Å². The van der Waals surface area contributed by atoms with Crippen molar-refractivity contribution in [1.82, 2.24) is 51.3 Å². The summed E-state index contributed by atoms with van der Waals surface area (Å²) in [5.74, 6) is -4.24. The Bertz CT molecular complexity index is 1640. The zero-order chi connectivity index (χ0) is 39.9. The van der Waals surface area contributed by atoms with Gasteiger partial charge in [0.15, 0.2) is 0 Å². The van der Waals surface area contributed by atoms with Crippen LogP contribution in [0, 0.1) is 20.2 Å². The summed E-state index contributed by atoms with van der Waals surface area (Å²) in [7, 11) is 0. The quantitative estimate of drug-likeness (QED) is 0.0211. The number of rotatable bonds is 26. The zero-order valence-corrected chi connectivity index (χ0v) is 32.8. The fourth-order valence-corrected chi connectivity index (χ4v) is 4.72. The smallest absolute Gasteiger partial charge is 2.00 e. The topological polar surface area (TPSA) is 341 Å². The first-order valence-electron chi connectivity index (χ1n) is 16.8. The molecular formula is C30H44N12O12STc+5. The molecule has 0 spiro atoms. The van der Waals surface area contributed by atoms with Crippen LogP contribution in [0.5, 0.6) is 0 Å². The summed E-state index contributed by atoms with van der Waals surface area (Å²) in [6.07, 6.45) is 5.26. The number of aryl methyl sites for hydroxylation is 2. The van der Waals surface area contributed by atoms with Crippen molar-refractivity contribution >= 4 is 65.7 Å². The van der Waals surface area contributed by atoms with E-state index in [0.717, 1.165) is 0 Å². The Morgan fingerprint density at radius 1 is 0.696 bits per heavy atom. The minimum absolute atomic E-state index is 0. The van der Waals surface area contributed by atoms with Gasteiger partial charge in [0.05, 0.1) is 57.5 Å². The van der Waals surface area contributed by atoms with Gasteiger partial charge in [-0.05, 0) is 41.6 Å². The van der Waals surface area contributed by atoms with Gasteiger partial charge in [-0.1, -0.05) is 4.98 Å². The molecule has 0 radical (unpaired) electrons. The maximum absolute atomic E-state index is 13.0. The summed E-state index contributed by atoms with van der Waals surface area (Å²) in [5, 5.41) is 39.7. The van der Waals surface area contributed by atoms with Crippen LogP contribution in [0.15, 0.2) is 30.7 Å². The summed E-state index contributed by atoms with van der Waals surface area (Å²) >= 11 is 3.76. The van der Waals surface area contributed by atoms with Crippen LogP contribution >= 0.6 is 12.6 Å². The monoisotopic (exact) mass is 895 g/mol. The molecule has 0 fully saturated rings. The molecule has 24 nitrogen and oxygen atoms in total. The number of carbonyl (C=O) groups is 7. The zero-order valence-electron chi connectivity index (χ0n) is 30.0. The molecule has 0 saturated carbocycles. The third-order valence-electron chi connectivity index (χ3n) is 7.36. The van der Waals surface area contributed by atoms with Crippen molar-refractivity contribution in [3.63, 3.8) is 0 Å². The first-order chi connectivity index (χ1) is 25.8. The molecule has 56 heavy (non-hydrogen) atoms. The molecule has 2 aromatic rings. The first-order valence-corrected chi connectivity index (χ1v) is 17.4. The maximum Gasteiger partial charge on any atom is 7.00 e. The van der Waals surface area contributed by atoms with Crippen LogP contribution < -0.4 is 37.2 Å². The van der Waals surface area contributed by atoms with Gasteiger partial charge in [-0.2, -0.15) is 12.6 Å². The second kappa shape index (κ2) is 28.0. The molecule has 0 aliphatic carbocycles. The Morgan fingerprint density at radius 3 is 1.88 bits per heavy atom. The SMILES string of the molecule is O=C(CS)NCC(=O)NCC(=O)NCC(=O)NCCCNC(=O)C(CCCCNC(=O)CCn1cccc1[N+](=O)[O-])NC(=O)CCn1ccnc1[N+](=O)[O-].[99Tc+7].[O-2]. The van der Waals surface area contributed by atoms with Crippen molar-refractivity contribution in [2.45, 2.75) is 57.7 Å². The number of hydrogen-bond donors (Lipinski definition) is 8. The fourth-order valence-electron chi connectivity index (χ4n) is 4.61. The molecule has 7 amide bonds. The molecule has 1 atom stereocenters. The molecule has 2 heterocycles. The second-order valence-corrected chi connectivity index (χ2v) is 11.8. The van der Waals surface area contributed by atoms with Crippen molar-refractivity contribution < 1.29 is 69.0 Å².